The predicted octanol–water partition coefficient (Wildman–Crippen LogP) is 5.29. The van der Waals surface area contributed by atoms with Crippen molar-refractivity contribution in [1.82, 2.24) is 14.5 Å². The molecule has 0 fully saturated rings. The molecule has 0 aliphatic heterocycles. The van der Waals surface area contributed by atoms with E-state index in [2.05, 4.69) is 15.9 Å². The summed E-state index contributed by atoms with van der Waals surface area (Å²) in [6.07, 6.45) is 0.340. The minimum atomic E-state index is -2.02. The van der Waals surface area contributed by atoms with Gasteiger partial charge in [-0.2, -0.15) is 0 Å². The molecule has 0 bridgehead atoms. The van der Waals surface area contributed by atoms with Crippen LogP contribution in [0, 0.1) is 5.92 Å². The van der Waals surface area contributed by atoms with Crippen molar-refractivity contribution in [3.63, 3.8) is 0 Å². The fourth-order valence-electron chi connectivity index (χ4n) is 4.98. The van der Waals surface area contributed by atoms with E-state index in [0.29, 0.717) is 22.4 Å². The van der Waals surface area contributed by atoms with Gasteiger partial charge in [-0.3, -0.25) is 14.2 Å². The number of hydrogen-bond acceptors (Lipinski definition) is 5. The molecule has 1 amide bonds. The van der Waals surface area contributed by atoms with E-state index in [9.17, 15) is 19.5 Å². The number of fused-ring (bicyclic) bond motifs is 1. The van der Waals surface area contributed by atoms with Crippen LogP contribution in [-0.4, -0.2) is 44.5 Å². The standard InChI is InChI=1S/C30H30BrClN4O4/c1-19(2)30(29(39)40,36(16-6-15-33)26(37)21-9-11-22(31)12-10-21)28-34-25-17-23(32)13-14-24(25)27(38)35(28)18-20-7-4-3-5-8-20/h3-5,7-14,17,19H,6,15-16,18,33H2,1-2H3,(H,39,40). The lowest BCUT2D eigenvalue weighted by molar-refractivity contribution is -0.155. The van der Waals surface area contributed by atoms with E-state index in [-0.39, 0.29) is 31.0 Å². The molecule has 1 unspecified atom stereocenters. The van der Waals surface area contributed by atoms with Crippen molar-refractivity contribution in [2.45, 2.75) is 32.4 Å². The molecular weight excluding hydrogens is 596 g/mol. The van der Waals surface area contributed by atoms with Gasteiger partial charge >= 0.3 is 5.97 Å². The minimum Gasteiger partial charge on any atom is -0.479 e. The summed E-state index contributed by atoms with van der Waals surface area (Å²) in [5.41, 5.74) is 4.71. The summed E-state index contributed by atoms with van der Waals surface area (Å²) in [5.74, 6) is -2.57. The molecule has 40 heavy (non-hydrogen) atoms. The number of carboxylic acid groups (broad SMARTS) is 1. The molecule has 0 aliphatic rings. The SMILES string of the molecule is CC(C)C(C(=O)O)(c1nc2cc(Cl)ccc2c(=O)n1Cc1ccccc1)N(CCCN)C(=O)c1ccc(Br)cc1. The summed E-state index contributed by atoms with van der Waals surface area (Å²) in [6.45, 7) is 3.74. The summed E-state index contributed by atoms with van der Waals surface area (Å²) in [5, 5.41) is 11.7. The van der Waals surface area contributed by atoms with Crippen molar-refractivity contribution in [3.8, 4) is 0 Å². The number of aliphatic carboxylic acids is 1. The molecular formula is C30H30BrClN4O4. The second-order valence-corrected chi connectivity index (χ2v) is 11.2. The van der Waals surface area contributed by atoms with Crippen LogP contribution in [0.4, 0.5) is 0 Å². The fourth-order valence-corrected chi connectivity index (χ4v) is 5.41. The van der Waals surface area contributed by atoms with Gasteiger partial charge in [0.2, 0.25) is 5.54 Å². The smallest absolute Gasteiger partial charge is 0.337 e. The van der Waals surface area contributed by atoms with Crippen molar-refractivity contribution < 1.29 is 14.7 Å². The topological polar surface area (TPSA) is 119 Å². The van der Waals surface area contributed by atoms with Gasteiger partial charge in [0.15, 0.2) is 5.82 Å². The van der Waals surface area contributed by atoms with Crippen molar-refractivity contribution in [2.75, 3.05) is 13.1 Å². The van der Waals surface area contributed by atoms with Gasteiger partial charge in [-0.25, -0.2) is 9.78 Å². The molecule has 1 aromatic heterocycles. The quantitative estimate of drug-likeness (QED) is 0.247. The van der Waals surface area contributed by atoms with Crippen LogP contribution in [-0.2, 0) is 16.9 Å². The number of aromatic nitrogens is 2. The van der Waals surface area contributed by atoms with Crippen molar-refractivity contribution in [2.24, 2.45) is 11.7 Å². The first-order valence-corrected chi connectivity index (χ1v) is 14.0. The Labute approximate surface area is 245 Å². The zero-order chi connectivity index (χ0) is 29.0. The Balaban J connectivity index is 2.09. The highest BCUT2D eigenvalue weighted by molar-refractivity contribution is 9.10. The summed E-state index contributed by atoms with van der Waals surface area (Å²) in [4.78, 5) is 47.8. The monoisotopic (exact) mass is 624 g/mol. The Morgan fingerprint density at radius 3 is 2.38 bits per heavy atom. The fraction of sp³-hybridized carbons (Fsp3) is 0.267. The number of halogens is 2. The number of benzene rings is 3. The van der Waals surface area contributed by atoms with Gasteiger partial charge in [-0.15, -0.1) is 0 Å². The minimum absolute atomic E-state index is 0.0324. The van der Waals surface area contributed by atoms with Crippen LogP contribution < -0.4 is 11.3 Å². The van der Waals surface area contributed by atoms with Gasteiger partial charge in [-0.1, -0.05) is 71.7 Å². The molecule has 3 aromatic carbocycles. The van der Waals surface area contributed by atoms with Crippen LogP contribution in [0.15, 0.2) is 82.1 Å². The molecule has 8 nitrogen and oxygen atoms in total. The van der Waals surface area contributed by atoms with E-state index < -0.39 is 28.9 Å². The third kappa shape index (κ3) is 5.54. The summed E-state index contributed by atoms with van der Waals surface area (Å²) < 4.78 is 2.14. The summed E-state index contributed by atoms with van der Waals surface area (Å²) in [6, 6.07) is 20.6. The molecule has 0 aliphatic carbocycles. The van der Waals surface area contributed by atoms with Crippen LogP contribution in [0.25, 0.3) is 10.9 Å². The van der Waals surface area contributed by atoms with E-state index in [1.807, 2.05) is 30.3 Å². The summed E-state index contributed by atoms with van der Waals surface area (Å²) >= 11 is 9.64. The van der Waals surface area contributed by atoms with Crippen molar-refractivity contribution >= 4 is 50.3 Å². The van der Waals surface area contributed by atoms with Crippen LogP contribution >= 0.6 is 27.5 Å². The lowest BCUT2D eigenvalue weighted by atomic mass is 9.82. The van der Waals surface area contributed by atoms with Gasteiger partial charge < -0.3 is 15.7 Å². The van der Waals surface area contributed by atoms with Crippen LogP contribution in [0.5, 0.6) is 0 Å². The van der Waals surface area contributed by atoms with Gasteiger partial charge in [0, 0.05) is 21.6 Å². The Morgan fingerprint density at radius 2 is 1.77 bits per heavy atom. The Bertz CT molecular complexity index is 1590. The predicted molar refractivity (Wildman–Crippen MR) is 160 cm³/mol. The number of carbonyl (C=O) groups excluding carboxylic acids is 1. The van der Waals surface area contributed by atoms with Crippen molar-refractivity contribution in [3.05, 3.63) is 110 Å². The Hall–Kier alpha value is -3.53. The van der Waals surface area contributed by atoms with Gasteiger partial charge in [0.05, 0.1) is 17.4 Å². The third-order valence-electron chi connectivity index (χ3n) is 6.95. The van der Waals surface area contributed by atoms with Crippen LogP contribution in [0.3, 0.4) is 0 Å². The maximum Gasteiger partial charge on any atom is 0.337 e. The average molecular weight is 626 g/mol. The molecule has 10 heteroatoms. The molecule has 0 saturated heterocycles. The second kappa shape index (κ2) is 12.3. The van der Waals surface area contributed by atoms with E-state index >= 15 is 0 Å². The number of nitrogens with two attached hydrogens (primary N) is 1. The molecule has 0 spiro atoms. The van der Waals surface area contributed by atoms with Crippen molar-refractivity contribution in [1.29, 1.82) is 0 Å². The first-order valence-electron chi connectivity index (χ1n) is 12.9. The average Bonchev–Trinajstić information content (AvgIpc) is 2.93. The first-order chi connectivity index (χ1) is 19.1. The lowest BCUT2D eigenvalue weighted by Crippen LogP contribution is -2.60. The van der Waals surface area contributed by atoms with Crippen LogP contribution in [0.1, 0.15) is 42.0 Å². The largest absolute Gasteiger partial charge is 0.479 e. The van der Waals surface area contributed by atoms with E-state index in [0.717, 1.165) is 10.0 Å². The number of nitrogens with zero attached hydrogens (tertiary/aromatic N) is 3. The van der Waals surface area contributed by atoms with Gasteiger partial charge in [0.1, 0.15) is 0 Å². The molecule has 4 aromatic rings. The van der Waals surface area contributed by atoms with E-state index in [1.54, 1.807) is 50.2 Å². The van der Waals surface area contributed by atoms with E-state index in [1.165, 1.54) is 15.5 Å². The molecule has 0 radical (unpaired) electrons. The van der Waals surface area contributed by atoms with Crippen LogP contribution in [0.2, 0.25) is 5.02 Å². The number of carboxylic acids is 1. The molecule has 4 rings (SSSR count). The highest BCUT2D eigenvalue weighted by Crippen LogP contribution is 2.38. The second-order valence-electron chi connectivity index (χ2n) is 9.81. The molecule has 3 N–H and O–H groups in total. The Kier molecular flexibility index (Phi) is 9.08. The maximum atomic E-state index is 14.1. The third-order valence-corrected chi connectivity index (χ3v) is 7.72. The normalized spacial score (nSPS) is 12.8. The summed E-state index contributed by atoms with van der Waals surface area (Å²) in [7, 11) is 0. The molecule has 1 heterocycles. The van der Waals surface area contributed by atoms with Gasteiger partial charge in [0.25, 0.3) is 11.5 Å². The highest BCUT2D eigenvalue weighted by Gasteiger charge is 2.54. The van der Waals surface area contributed by atoms with Gasteiger partial charge in [-0.05, 0) is 66.9 Å². The maximum absolute atomic E-state index is 14.1. The Morgan fingerprint density at radius 1 is 1.10 bits per heavy atom. The number of hydrogen-bond donors (Lipinski definition) is 2. The zero-order valence-electron chi connectivity index (χ0n) is 22.2. The lowest BCUT2D eigenvalue weighted by Gasteiger charge is -2.44. The molecule has 1 atom stereocenters. The number of carbonyl (C=O) groups is 2. The van der Waals surface area contributed by atoms with E-state index in [4.69, 9.17) is 22.3 Å². The molecule has 0 saturated carbocycles. The number of amides is 1. The zero-order valence-corrected chi connectivity index (χ0v) is 24.5. The number of rotatable bonds is 10. The first kappa shape index (κ1) is 29.5. The highest BCUT2D eigenvalue weighted by atomic mass is 79.9. The molecule has 208 valence electrons.